The SMILES string of the molecule is CCCCCCCC(C)N1CC[C@H]2NCCO[C@@H]2C1. The highest BCUT2D eigenvalue weighted by Crippen LogP contribution is 2.21. The van der Waals surface area contributed by atoms with Crippen LogP contribution in [0.15, 0.2) is 0 Å². The van der Waals surface area contributed by atoms with Gasteiger partial charge >= 0.3 is 0 Å². The van der Waals surface area contributed by atoms with Gasteiger partial charge in [-0.3, -0.25) is 4.90 Å². The molecule has 2 heterocycles. The second kappa shape index (κ2) is 8.23. The molecule has 1 unspecified atom stereocenters. The molecular weight excluding hydrogens is 236 g/mol. The van der Waals surface area contributed by atoms with E-state index in [-0.39, 0.29) is 0 Å². The number of piperidine rings is 1. The van der Waals surface area contributed by atoms with Crippen LogP contribution in [-0.2, 0) is 4.74 Å². The molecule has 19 heavy (non-hydrogen) atoms. The van der Waals surface area contributed by atoms with E-state index in [2.05, 4.69) is 24.1 Å². The van der Waals surface area contributed by atoms with Gasteiger partial charge in [0, 0.05) is 31.7 Å². The van der Waals surface area contributed by atoms with E-state index in [1.165, 1.54) is 51.5 Å². The van der Waals surface area contributed by atoms with Crippen molar-refractivity contribution < 1.29 is 4.74 Å². The first-order valence-electron chi connectivity index (χ1n) is 8.40. The molecule has 0 aromatic rings. The Morgan fingerprint density at radius 3 is 2.95 bits per heavy atom. The molecule has 0 aromatic carbocycles. The second-order valence-corrected chi connectivity index (χ2v) is 6.31. The molecule has 2 aliphatic rings. The number of fused-ring (bicyclic) bond motifs is 1. The molecule has 3 heteroatoms. The summed E-state index contributed by atoms with van der Waals surface area (Å²) in [6, 6.07) is 1.34. The molecule has 2 rings (SSSR count). The number of likely N-dealkylation sites (tertiary alicyclic amines) is 1. The van der Waals surface area contributed by atoms with Crippen LogP contribution in [0.5, 0.6) is 0 Å². The van der Waals surface area contributed by atoms with Crippen molar-refractivity contribution in [3.63, 3.8) is 0 Å². The van der Waals surface area contributed by atoms with Gasteiger partial charge in [0.2, 0.25) is 0 Å². The highest BCUT2D eigenvalue weighted by Gasteiger charge is 2.33. The number of hydrogen-bond acceptors (Lipinski definition) is 3. The Kier molecular flexibility index (Phi) is 6.62. The van der Waals surface area contributed by atoms with E-state index in [0.717, 1.165) is 25.7 Å². The Morgan fingerprint density at radius 2 is 2.11 bits per heavy atom. The van der Waals surface area contributed by atoms with Gasteiger partial charge < -0.3 is 10.1 Å². The van der Waals surface area contributed by atoms with E-state index in [4.69, 9.17) is 4.74 Å². The van der Waals surface area contributed by atoms with Crippen molar-refractivity contribution in [2.45, 2.75) is 77.0 Å². The van der Waals surface area contributed by atoms with Crippen LogP contribution in [0.3, 0.4) is 0 Å². The van der Waals surface area contributed by atoms with Gasteiger partial charge in [-0.05, 0) is 19.8 Å². The van der Waals surface area contributed by atoms with Crippen LogP contribution in [0.25, 0.3) is 0 Å². The zero-order valence-electron chi connectivity index (χ0n) is 12.9. The topological polar surface area (TPSA) is 24.5 Å². The molecular formula is C16H32N2O. The van der Waals surface area contributed by atoms with E-state index >= 15 is 0 Å². The number of morpholine rings is 1. The van der Waals surface area contributed by atoms with Crippen molar-refractivity contribution in [3.05, 3.63) is 0 Å². The molecule has 0 bridgehead atoms. The van der Waals surface area contributed by atoms with Crippen LogP contribution in [0, 0.1) is 0 Å². The van der Waals surface area contributed by atoms with E-state index in [9.17, 15) is 0 Å². The number of rotatable bonds is 7. The van der Waals surface area contributed by atoms with Gasteiger partial charge in [-0.25, -0.2) is 0 Å². The molecule has 0 aromatic heterocycles. The second-order valence-electron chi connectivity index (χ2n) is 6.31. The summed E-state index contributed by atoms with van der Waals surface area (Å²) in [5.41, 5.74) is 0. The fraction of sp³-hybridized carbons (Fsp3) is 1.00. The van der Waals surface area contributed by atoms with Gasteiger partial charge in [0.05, 0.1) is 12.7 Å². The predicted molar refractivity (Wildman–Crippen MR) is 80.6 cm³/mol. The molecule has 1 N–H and O–H groups in total. The Balaban J connectivity index is 1.64. The van der Waals surface area contributed by atoms with Crippen molar-refractivity contribution >= 4 is 0 Å². The van der Waals surface area contributed by atoms with Gasteiger partial charge in [0.15, 0.2) is 0 Å². The fourth-order valence-corrected chi connectivity index (χ4v) is 3.42. The van der Waals surface area contributed by atoms with Crippen molar-refractivity contribution in [1.82, 2.24) is 10.2 Å². The molecule has 0 spiro atoms. The summed E-state index contributed by atoms with van der Waals surface area (Å²) in [5, 5.41) is 3.60. The Morgan fingerprint density at radius 1 is 1.26 bits per heavy atom. The average Bonchev–Trinajstić information content (AvgIpc) is 2.46. The molecule has 3 atom stereocenters. The summed E-state index contributed by atoms with van der Waals surface area (Å²) in [7, 11) is 0. The van der Waals surface area contributed by atoms with Crippen LogP contribution >= 0.6 is 0 Å². The number of ether oxygens (including phenoxy) is 1. The van der Waals surface area contributed by atoms with Gasteiger partial charge in [-0.2, -0.15) is 0 Å². The summed E-state index contributed by atoms with van der Waals surface area (Å²) in [6.45, 7) is 8.98. The lowest BCUT2D eigenvalue weighted by Crippen LogP contribution is -2.59. The molecule has 2 fully saturated rings. The zero-order valence-corrected chi connectivity index (χ0v) is 12.9. The third kappa shape index (κ3) is 4.73. The van der Waals surface area contributed by atoms with Gasteiger partial charge in [0.1, 0.15) is 0 Å². The highest BCUT2D eigenvalue weighted by atomic mass is 16.5. The zero-order chi connectivity index (χ0) is 13.5. The number of nitrogens with zero attached hydrogens (tertiary/aromatic N) is 1. The summed E-state index contributed by atoms with van der Waals surface area (Å²) in [6.07, 6.45) is 10.0. The third-order valence-electron chi connectivity index (χ3n) is 4.78. The summed E-state index contributed by atoms with van der Waals surface area (Å²) in [4.78, 5) is 2.65. The van der Waals surface area contributed by atoms with Crippen LogP contribution < -0.4 is 5.32 Å². The normalized spacial score (nSPS) is 30.0. The smallest absolute Gasteiger partial charge is 0.0855 e. The summed E-state index contributed by atoms with van der Waals surface area (Å²) in [5.74, 6) is 0. The minimum Gasteiger partial charge on any atom is -0.374 e. The van der Waals surface area contributed by atoms with Crippen LogP contribution in [-0.4, -0.2) is 49.3 Å². The first-order valence-corrected chi connectivity index (χ1v) is 8.40. The van der Waals surface area contributed by atoms with E-state index in [1.807, 2.05) is 0 Å². The summed E-state index contributed by atoms with van der Waals surface area (Å²) < 4.78 is 5.92. The van der Waals surface area contributed by atoms with Crippen molar-refractivity contribution in [2.75, 3.05) is 26.2 Å². The average molecular weight is 268 g/mol. The molecule has 0 aliphatic carbocycles. The monoisotopic (exact) mass is 268 g/mol. The molecule has 0 radical (unpaired) electrons. The maximum atomic E-state index is 5.92. The molecule has 2 saturated heterocycles. The molecule has 3 nitrogen and oxygen atoms in total. The quantitative estimate of drug-likeness (QED) is 0.719. The van der Waals surface area contributed by atoms with E-state index in [1.54, 1.807) is 0 Å². The maximum Gasteiger partial charge on any atom is 0.0855 e. The Bertz CT molecular complexity index is 247. The lowest BCUT2D eigenvalue weighted by molar-refractivity contribution is -0.0555. The fourth-order valence-electron chi connectivity index (χ4n) is 3.42. The first kappa shape index (κ1) is 15.3. The van der Waals surface area contributed by atoms with Crippen molar-refractivity contribution in [1.29, 1.82) is 0 Å². The van der Waals surface area contributed by atoms with Crippen LogP contribution in [0.2, 0.25) is 0 Å². The number of hydrogen-bond donors (Lipinski definition) is 1. The molecule has 2 aliphatic heterocycles. The van der Waals surface area contributed by atoms with Gasteiger partial charge in [0.25, 0.3) is 0 Å². The molecule has 0 saturated carbocycles. The van der Waals surface area contributed by atoms with Crippen LogP contribution in [0.1, 0.15) is 58.8 Å². The Hall–Kier alpha value is -0.120. The predicted octanol–water partition coefficient (Wildman–Crippen LogP) is 2.80. The highest BCUT2D eigenvalue weighted by molar-refractivity contribution is 4.90. The third-order valence-corrected chi connectivity index (χ3v) is 4.78. The van der Waals surface area contributed by atoms with Gasteiger partial charge in [-0.15, -0.1) is 0 Å². The van der Waals surface area contributed by atoms with E-state index < -0.39 is 0 Å². The van der Waals surface area contributed by atoms with Gasteiger partial charge in [-0.1, -0.05) is 39.0 Å². The first-order chi connectivity index (χ1) is 9.31. The largest absolute Gasteiger partial charge is 0.374 e. The lowest BCUT2D eigenvalue weighted by Gasteiger charge is -2.43. The Labute approximate surface area is 119 Å². The maximum absolute atomic E-state index is 5.92. The summed E-state index contributed by atoms with van der Waals surface area (Å²) >= 11 is 0. The number of nitrogens with one attached hydrogen (secondary N) is 1. The lowest BCUT2D eigenvalue weighted by atomic mass is 9.97. The van der Waals surface area contributed by atoms with Crippen molar-refractivity contribution in [2.24, 2.45) is 0 Å². The molecule has 112 valence electrons. The van der Waals surface area contributed by atoms with E-state index in [0.29, 0.717) is 12.1 Å². The molecule has 0 amide bonds. The standard InChI is InChI=1S/C16H32N2O/c1-3-4-5-6-7-8-14(2)18-11-9-15-16(13-18)19-12-10-17-15/h14-17H,3-13H2,1-2H3/t14?,15-,16-/m1/s1. The van der Waals surface area contributed by atoms with Crippen molar-refractivity contribution in [3.8, 4) is 0 Å². The minimum absolute atomic E-state index is 0.435. The minimum atomic E-state index is 0.435. The number of unbranched alkanes of at least 4 members (excludes halogenated alkanes) is 4. The van der Waals surface area contributed by atoms with Crippen LogP contribution in [0.4, 0.5) is 0 Å².